The average Bonchev–Trinajstić information content (AvgIpc) is 2.38. The zero-order valence-electron chi connectivity index (χ0n) is 11.0. The molecule has 1 fully saturated rings. The van der Waals surface area contributed by atoms with Gasteiger partial charge in [-0.2, -0.15) is 0 Å². The topological polar surface area (TPSA) is 32.3 Å². The van der Waals surface area contributed by atoms with Crippen LogP contribution >= 0.6 is 0 Å². The molecular weight excluding hydrogens is 222 g/mol. The van der Waals surface area contributed by atoms with Crippen LogP contribution in [0.1, 0.15) is 49.1 Å². The van der Waals surface area contributed by atoms with E-state index in [1.165, 1.54) is 36.8 Å². The van der Waals surface area contributed by atoms with E-state index in [0.29, 0.717) is 12.5 Å². The Morgan fingerprint density at radius 3 is 2.78 bits per heavy atom. The Balaban J connectivity index is 1.67. The van der Waals surface area contributed by atoms with Gasteiger partial charge < -0.3 is 10.4 Å². The first-order valence-electron chi connectivity index (χ1n) is 7.27. The first-order valence-corrected chi connectivity index (χ1v) is 7.27. The highest BCUT2D eigenvalue weighted by molar-refractivity contribution is 5.32. The van der Waals surface area contributed by atoms with Crippen molar-refractivity contribution in [3.63, 3.8) is 0 Å². The van der Waals surface area contributed by atoms with Gasteiger partial charge in [0.1, 0.15) is 0 Å². The fourth-order valence-electron chi connectivity index (χ4n) is 3.40. The third kappa shape index (κ3) is 2.19. The number of nitrogens with one attached hydrogen (secondary N) is 1. The molecule has 1 aromatic rings. The Hall–Kier alpha value is -0.860. The van der Waals surface area contributed by atoms with E-state index >= 15 is 0 Å². The van der Waals surface area contributed by atoms with Crippen LogP contribution in [-0.4, -0.2) is 23.8 Å². The lowest BCUT2D eigenvalue weighted by atomic mass is 9.76. The summed E-state index contributed by atoms with van der Waals surface area (Å²) in [7, 11) is 0. The van der Waals surface area contributed by atoms with Crippen molar-refractivity contribution in [2.24, 2.45) is 0 Å². The molecule has 2 aliphatic carbocycles. The highest BCUT2D eigenvalue weighted by Crippen LogP contribution is 2.34. The van der Waals surface area contributed by atoms with Crippen molar-refractivity contribution in [2.45, 2.75) is 50.0 Å². The van der Waals surface area contributed by atoms with E-state index in [1.807, 2.05) is 0 Å². The molecule has 0 saturated heterocycles. The number of aryl methyl sites for hydroxylation is 1. The normalized spacial score (nSPS) is 25.3. The monoisotopic (exact) mass is 245 g/mol. The molecule has 3 rings (SSSR count). The Labute approximate surface area is 109 Å². The minimum absolute atomic E-state index is 0.0480. The highest BCUT2D eigenvalue weighted by Gasteiger charge is 2.36. The molecule has 18 heavy (non-hydrogen) atoms. The molecule has 0 bridgehead atoms. The smallest absolute Gasteiger partial charge is 0.0613 e. The lowest BCUT2D eigenvalue weighted by molar-refractivity contribution is 0.0867. The van der Waals surface area contributed by atoms with E-state index in [0.717, 1.165) is 19.4 Å². The summed E-state index contributed by atoms with van der Waals surface area (Å²) in [5.74, 6) is 0.638. The summed E-state index contributed by atoms with van der Waals surface area (Å²) < 4.78 is 0. The number of hydrogen-bond acceptors (Lipinski definition) is 2. The quantitative estimate of drug-likeness (QED) is 0.854. The molecule has 0 amide bonds. The van der Waals surface area contributed by atoms with E-state index in [9.17, 15) is 5.11 Å². The summed E-state index contributed by atoms with van der Waals surface area (Å²) in [6, 6.07) is 8.86. The van der Waals surface area contributed by atoms with Gasteiger partial charge in [0.2, 0.25) is 0 Å². The highest BCUT2D eigenvalue weighted by atomic mass is 16.3. The number of rotatable bonds is 4. The summed E-state index contributed by atoms with van der Waals surface area (Å²) in [5.41, 5.74) is 3.11. The molecule has 0 heterocycles. The van der Waals surface area contributed by atoms with Crippen LogP contribution < -0.4 is 5.32 Å². The maximum atomic E-state index is 9.50. The van der Waals surface area contributed by atoms with E-state index < -0.39 is 0 Å². The van der Waals surface area contributed by atoms with Crippen molar-refractivity contribution in [3.8, 4) is 0 Å². The van der Waals surface area contributed by atoms with E-state index in [-0.39, 0.29) is 5.54 Å². The predicted octanol–water partition coefficient (Wildman–Crippen LogP) is 2.61. The molecule has 1 atom stereocenters. The summed E-state index contributed by atoms with van der Waals surface area (Å²) in [5, 5.41) is 13.1. The molecule has 1 aromatic carbocycles. The maximum Gasteiger partial charge on any atom is 0.0613 e. The molecule has 1 saturated carbocycles. The van der Waals surface area contributed by atoms with Crippen molar-refractivity contribution < 1.29 is 5.11 Å². The summed E-state index contributed by atoms with van der Waals surface area (Å²) in [4.78, 5) is 0. The van der Waals surface area contributed by atoms with Crippen LogP contribution in [0.15, 0.2) is 24.3 Å². The third-order valence-electron chi connectivity index (χ3n) is 4.83. The first kappa shape index (κ1) is 12.2. The van der Waals surface area contributed by atoms with Crippen LogP contribution in [0.3, 0.4) is 0 Å². The van der Waals surface area contributed by atoms with Gasteiger partial charge in [0.15, 0.2) is 0 Å². The summed E-state index contributed by atoms with van der Waals surface area (Å²) >= 11 is 0. The van der Waals surface area contributed by atoms with Gasteiger partial charge in [-0.1, -0.05) is 24.3 Å². The molecule has 2 heteroatoms. The predicted molar refractivity (Wildman–Crippen MR) is 73.8 cm³/mol. The Kier molecular flexibility index (Phi) is 3.40. The van der Waals surface area contributed by atoms with Crippen LogP contribution in [0.25, 0.3) is 0 Å². The summed E-state index contributed by atoms with van der Waals surface area (Å²) in [6.45, 7) is 1.32. The van der Waals surface area contributed by atoms with Crippen LogP contribution in [0.5, 0.6) is 0 Å². The van der Waals surface area contributed by atoms with Gasteiger partial charge in [-0.05, 0) is 55.6 Å². The van der Waals surface area contributed by atoms with Gasteiger partial charge in [0.05, 0.1) is 6.61 Å². The number of aliphatic hydroxyl groups is 1. The molecule has 2 aliphatic rings. The third-order valence-corrected chi connectivity index (χ3v) is 4.83. The SMILES string of the molecule is OCC1(NCC2CCCc3ccccc32)CCC1. The first-order chi connectivity index (χ1) is 8.83. The fourth-order valence-corrected chi connectivity index (χ4v) is 3.40. The molecule has 0 spiro atoms. The number of hydrogen-bond donors (Lipinski definition) is 2. The second-order valence-corrected chi connectivity index (χ2v) is 5.96. The molecular formula is C16H23NO. The van der Waals surface area contributed by atoms with Gasteiger partial charge >= 0.3 is 0 Å². The van der Waals surface area contributed by atoms with Gasteiger partial charge in [-0.25, -0.2) is 0 Å². The summed E-state index contributed by atoms with van der Waals surface area (Å²) in [6.07, 6.45) is 7.35. The van der Waals surface area contributed by atoms with Crippen molar-refractivity contribution in [2.75, 3.05) is 13.2 Å². The van der Waals surface area contributed by atoms with Gasteiger partial charge in [-0.3, -0.25) is 0 Å². The second-order valence-electron chi connectivity index (χ2n) is 5.96. The maximum absolute atomic E-state index is 9.50. The van der Waals surface area contributed by atoms with Crippen LogP contribution in [0.4, 0.5) is 0 Å². The fraction of sp³-hybridized carbons (Fsp3) is 0.625. The second kappa shape index (κ2) is 5.02. The lowest BCUT2D eigenvalue weighted by Gasteiger charge is -2.42. The van der Waals surface area contributed by atoms with E-state index in [1.54, 1.807) is 0 Å². The zero-order valence-corrected chi connectivity index (χ0v) is 11.0. The van der Waals surface area contributed by atoms with Crippen molar-refractivity contribution in [1.29, 1.82) is 0 Å². The van der Waals surface area contributed by atoms with Crippen LogP contribution in [-0.2, 0) is 6.42 Å². The standard InChI is InChI=1S/C16H23NO/c18-12-16(9-4-10-16)17-11-14-7-3-6-13-5-1-2-8-15(13)14/h1-2,5,8,14,17-18H,3-4,6-7,9-12H2. The Morgan fingerprint density at radius 1 is 1.22 bits per heavy atom. The van der Waals surface area contributed by atoms with Crippen LogP contribution in [0, 0.1) is 0 Å². The molecule has 98 valence electrons. The number of aliphatic hydroxyl groups excluding tert-OH is 1. The molecule has 2 nitrogen and oxygen atoms in total. The number of fused-ring (bicyclic) bond motifs is 1. The number of benzene rings is 1. The molecule has 0 aromatic heterocycles. The largest absolute Gasteiger partial charge is 0.394 e. The van der Waals surface area contributed by atoms with Crippen molar-refractivity contribution in [1.82, 2.24) is 5.32 Å². The van der Waals surface area contributed by atoms with Crippen molar-refractivity contribution in [3.05, 3.63) is 35.4 Å². The molecule has 2 N–H and O–H groups in total. The minimum Gasteiger partial charge on any atom is -0.394 e. The minimum atomic E-state index is 0.0480. The Bertz CT molecular complexity index is 406. The molecule has 0 aliphatic heterocycles. The van der Waals surface area contributed by atoms with Gasteiger partial charge in [0.25, 0.3) is 0 Å². The van der Waals surface area contributed by atoms with E-state index in [4.69, 9.17) is 0 Å². The average molecular weight is 245 g/mol. The van der Waals surface area contributed by atoms with Crippen LogP contribution in [0.2, 0.25) is 0 Å². The Morgan fingerprint density at radius 2 is 2.06 bits per heavy atom. The zero-order chi connectivity index (χ0) is 12.4. The lowest BCUT2D eigenvalue weighted by Crippen LogP contribution is -2.55. The van der Waals surface area contributed by atoms with Gasteiger partial charge in [0, 0.05) is 12.1 Å². The molecule has 0 radical (unpaired) electrons. The molecule has 1 unspecified atom stereocenters. The van der Waals surface area contributed by atoms with Crippen molar-refractivity contribution >= 4 is 0 Å². The van der Waals surface area contributed by atoms with Gasteiger partial charge in [-0.15, -0.1) is 0 Å². The van der Waals surface area contributed by atoms with E-state index in [2.05, 4.69) is 29.6 Å².